The van der Waals surface area contributed by atoms with Gasteiger partial charge in [-0.05, 0) is 94.6 Å². The number of aliphatic hydroxyl groups excluding tert-OH is 2. The average molecular weight is 1560 g/mol. The first-order valence-electron chi connectivity index (χ1n) is 35.4. The van der Waals surface area contributed by atoms with Gasteiger partial charge in [-0.1, -0.05) is 71.9 Å². The van der Waals surface area contributed by atoms with Crippen LogP contribution in [0.5, 0.6) is 0 Å². The summed E-state index contributed by atoms with van der Waals surface area (Å²) < 4.78 is 0. The number of amides is 15. The van der Waals surface area contributed by atoms with Gasteiger partial charge >= 0.3 is 17.9 Å². The lowest BCUT2D eigenvalue weighted by atomic mass is 9.99. The lowest BCUT2D eigenvalue weighted by Gasteiger charge is -2.28. The molecule has 43 heteroatoms. The summed E-state index contributed by atoms with van der Waals surface area (Å²) in [5.74, 6) is -22.9. The molecule has 0 radical (unpaired) electrons. The zero-order chi connectivity index (χ0) is 83.7. The molecule has 43 nitrogen and oxygen atoms in total. The van der Waals surface area contributed by atoms with E-state index in [0.29, 0.717) is 12.0 Å². The van der Waals surface area contributed by atoms with Crippen LogP contribution in [-0.2, 0) is 92.7 Å². The highest BCUT2D eigenvalue weighted by Gasteiger charge is 2.38. The number of aliphatic imine (C=N–C) groups is 1. The maximum absolute atomic E-state index is 14.5. The molecule has 1 aromatic rings. The van der Waals surface area contributed by atoms with Gasteiger partial charge in [0.25, 0.3) is 0 Å². The first-order valence-corrected chi connectivity index (χ1v) is 35.4. The highest BCUT2D eigenvalue weighted by Crippen LogP contribution is 2.14. The van der Waals surface area contributed by atoms with Crippen molar-refractivity contribution in [3.63, 3.8) is 0 Å². The van der Waals surface area contributed by atoms with Crippen molar-refractivity contribution in [2.45, 2.75) is 217 Å². The molecule has 0 aliphatic rings. The Morgan fingerprint density at radius 3 is 1.18 bits per heavy atom. The van der Waals surface area contributed by atoms with Crippen molar-refractivity contribution in [1.29, 1.82) is 0 Å². The number of guanidine groups is 1. The van der Waals surface area contributed by atoms with Crippen molar-refractivity contribution in [2.75, 3.05) is 32.8 Å². The molecule has 0 aliphatic carbocycles. The SMILES string of the molecule is CC(C)C[C@H](NC(=O)[C@H](CC(C)C)NC(=O)[C@H](CC(N)=O)NC(=O)[C@H](CC(N)=O)NC(=O)[C@H](CC(=O)O)NC(=O)[C@H](CCCCN)NC(=O)[C@@H](N)[C@@H](C)O)C(=O)NCC(=O)N[C@@H](CCCN=C(N)N)C(=O)N[C@@H](Cc1ccccc1)C(=O)N[C@@H](CCC(=O)O)C(=O)N[C@@H](CC(C)C)C(=O)N[C@@H](CO)C(=O)NCC(=O)O. The van der Waals surface area contributed by atoms with Gasteiger partial charge < -0.3 is 129 Å². The number of hydrogen-bond acceptors (Lipinski definition) is 23. The van der Waals surface area contributed by atoms with Crippen LogP contribution >= 0.6 is 0 Å². The summed E-state index contributed by atoms with van der Waals surface area (Å²) in [7, 11) is 0. The predicted molar refractivity (Wildman–Crippen MR) is 390 cm³/mol. The molecule has 616 valence electrons. The van der Waals surface area contributed by atoms with Crippen LogP contribution in [0.2, 0.25) is 0 Å². The average Bonchev–Trinajstić information content (AvgIpc) is 0.853. The monoisotopic (exact) mass is 1560 g/mol. The normalized spacial score (nSPS) is 14.6. The molecule has 0 fully saturated rings. The van der Waals surface area contributed by atoms with E-state index in [-0.39, 0.29) is 82.3 Å². The molecule has 1 aromatic carbocycles. The number of carbonyl (C=O) groups is 18. The standard InChI is InChI=1S/C67H110N20O23/c1-32(2)22-40(80-60(104)41(23-33(3)4)82-63(107)44(26-48(69)90)84-64(108)45(27-49(70)91)85-65(109)46(28-52(95)96)86-58(102)38(16-11-12-20-68)79-66(110)54(71)35(7)89)55(99)75-29-50(92)77-37(17-13-21-74-67(72)73)57(101)83-43(25-36-14-9-8-10-15-36)62(106)78-39(18-19-51(93)94)59(103)81-42(24-34(5)6)61(105)87-47(31-88)56(100)76-30-53(97)98/h8-10,14-15,32-35,37-47,54,88-89H,11-13,16-31,68,71H2,1-7H3,(H2,69,90)(H2,70,91)(H,75,99)(H,76,100)(H,77,92)(H,78,106)(H,79,110)(H,80,104)(H,81,103)(H,82,107)(H,83,101)(H,84,108)(H,85,109)(H,86,102)(H,87,105)(H,93,94)(H,95,96)(H,97,98)(H4,72,73,74)/t35-,37+,38+,39+,40+,41+,42+,43+,44+,45+,46+,47+,54+/m1/s1. The van der Waals surface area contributed by atoms with E-state index in [9.17, 15) is 107 Å². The van der Waals surface area contributed by atoms with E-state index >= 15 is 0 Å². The van der Waals surface area contributed by atoms with Gasteiger partial charge in [-0.25, -0.2) is 0 Å². The Bertz CT molecular complexity index is 3360. The van der Waals surface area contributed by atoms with Gasteiger partial charge in [0.05, 0.1) is 38.5 Å². The van der Waals surface area contributed by atoms with Crippen molar-refractivity contribution in [3.8, 4) is 0 Å². The summed E-state index contributed by atoms with van der Waals surface area (Å²) in [6, 6.07) is -12.2. The maximum atomic E-state index is 14.5. The molecule has 0 aromatic heterocycles. The predicted octanol–water partition coefficient (Wildman–Crippen LogP) is -9.01. The zero-order valence-corrected chi connectivity index (χ0v) is 62.6. The highest BCUT2D eigenvalue weighted by atomic mass is 16.4. The molecular formula is C67H110N20O23. The van der Waals surface area contributed by atoms with E-state index in [1.54, 1.807) is 71.9 Å². The lowest BCUT2D eigenvalue weighted by molar-refractivity contribution is -0.142. The molecule has 0 saturated carbocycles. The molecule has 0 heterocycles. The van der Waals surface area contributed by atoms with Crippen LogP contribution in [0.15, 0.2) is 35.3 Å². The molecule has 0 bridgehead atoms. The van der Waals surface area contributed by atoms with E-state index in [1.807, 2.05) is 5.32 Å². The molecule has 0 saturated heterocycles. The van der Waals surface area contributed by atoms with Gasteiger partial charge in [0.2, 0.25) is 88.6 Å². The molecular weight excluding hydrogens is 1450 g/mol. The number of carbonyl (C=O) groups excluding carboxylic acids is 15. The van der Waals surface area contributed by atoms with Crippen LogP contribution in [0.4, 0.5) is 0 Å². The summed E-state index contributed by atoms with van der Waals surface area (Å²) in [6.07, 6.45) is -6.38. The van der Waals surface area contributed by atoms with Crippen LogP contribution in [-0.4, -0.2) is 249 Å². The summed E-state index contributed by atoms with van der Waals surface area (Å²) in [5, 5.41) is 78.4. The van der Waals surface area contributed by atoms with Gasteiger partial charge in [0.1, 0.15) is 79.0 Å². The number of nitrogens with two attached hydrogens (primary N) is 6. The van der Waals surface area contributed by atoms with Crippen LogP contribution in [0.1, 0.15) is 138 Å². The van der Waals surface area contributed by atoms with Gasteiger partial charge in [0, 0.05) is 19.4 Å². The third-order valence-corrected chi connectivity index (χ3v) is 16.0. The second-order valence-electron chi connectivity index (χ2n) is 27.2. The number of aliphatic hydroxyl groups is 2. The Labute approximate surface area is 634 Å². The fourth-order valence-electron chi connectivity index (χ4n) is 10.4. The maximum Gasteiger partial charge on any atom is 0.322 e. The number of carboxylic acids is 3. The number of rotatable bonds is 54. The molecule has 0 aliphatic heterocycles. The quantitative estimate of drug-likeness (QED) is 0.0164. The number of hydrogen-bond donors (Lipinski definition) is 24. The summed E-state index contributed by atoms with van der Waals surface area (Å²) in [4.78, 5) is 244. The minimum atomic E-state index is -2.07. The zero-order valence-electron chi connectivity index (χ0n) is 62.6. The van der Waals surface area contributed by atoms with Crippen LogP contribution in [0.3, 0.4) is 0 Å². The summed E-state index contributed by atoms with van der Waals surface area (Å²) >= 11 is 0. The third-order valence-electron chi connectivity index (χ3n) is 16.0. The number of aliphatic carboxylic acids is 3. The van der Waals surface area contributed by atoms with E-state index in [4.69, 9.17) is 39.5 Å². The Kier molecular flexibility index (Phi) is 44.4. The Balaban J connectivity index is 3.65. The number of benzene rings is 1. The molecule has 1 rings (SSSR count). The lowest BCUT2D eigenvalue weighted by Crippen LogP contribution is -2.61. The Morgan fingerprint density at radius 2 is 0.764 bits per heavy atom. The second kappa shape index (κ2) is 50.4. The molecule has 110 heavy (non-hydrogen) atoms. The molecule has 0 unspecified atom stereocenters. The van der Waals surface area contributed by atoms with Crippen molar-refractivity contribution < 1.29 is 112 Å². The van der Waals surface area contributed by atoms with Crippen LogP contribution in [0, 0.1) is 17.8 Å². The largest absolute Gasteiger partial charge is 0.481 e. The van der Waals surface area contributed by atoms with E-state index < -0.39 is 243 Å². The Hall–Kier alpha value is -11.2. The minimum Gasteiger partial charge on any atom is -0.481 e. The molecule has 30 N–H and O–H groups in total. The molecule has 15 amide bonds. The van der Waals surface area contributed by atoms with E-state index in [1.165, 1.54) is 6.92 Å². The smallest absolute Gasteiger partial charge is 0.322 e. The first kappa shape index (κ1) is 96.8. The van der Waals surface area contributed by atoms with Crippen molar-refractivity contribution in [1.82, 2.24) is 69.1 Å². The fraction of sp³-hybridized carbons (Fsp3) is 0.627. The minimum absolute atomic E-state index is 0.00135. The number of carboxylic acid groups (broad SMARTS) is 3. The number of nitrogens with zero attached hydrogens (tertiary/aromatic N) is 1. The third kappa shape index (κ3) is 39.6. The second-order valence-corrected chi connectivity index (χ2v) is 27.2. The van der Waals surface area contributed by atoms with E-state index in [2.05, 4.69) is 68.8 Å². The first-order chi connectivity index (χ1) is 51.5. The fourth-order valence-corrected chi connectivity index (χ4v) is 10.4. The van der Waals surface area contributed by atoms with E-state index in [0.717, 1.165) is 0 Å². The molecule has 13 atom stereocenters. The van der Waals surface area contributed by atoms with Crippen molar-refractivity contribution in [3.05, 3.63) is 35.9 Å². The number of primary amides is 2. The topological polar surface area (TPSA) is 733 Å². The van der Waals surface area contributed by atoms with Crippen LogP contribution < -0.4 is 104 Å². The summed E-state index contributed by atoms with van der Waals surface area (Å²) in [5.41, 5.74) is 33.7. The van der Waals surface area contributed by atoms with Gasteiger partial charge in [-0.2, -0.15) is 0 Å². The highest BCUT2D eigenvalue weighted by molar-refractivity contribution is 6.02. The number of unbranched alkanes of at least 4 members (excludes halogenated alkanes) is 1. The molecule has 0 spiro atoms. The Morgan fingerprint density at radius 1 is 0.400 bits per heavy atom. The summed E-state index contributed by atoms with van der Waals surface area (Å²) in [6.45, 7) is 8.48. The van der Waals surface area contributed by atoms with Gasteiger partial charge in [-0.3, -0.25) is 91.3 Å². The van der Waals surface area contributed by atoms with Gasteiger partial charge in [0.15, 0.2) is 5.96 Å². The number of nitrogens with one attached hydrogen (secondary N) is 13. The van der Waals surface area contributed by atoms with Crippen molar-refractivity contribution in [2.24, 2.45) is 57.1 Å². The van der Waals surface area contributed by atoms with Crippen LogP contribution in [0.25, 0.3) is 0 Å². The van der Waals surface area contributed by atoms with Crippen molar-refractivity contribution >= 4 is 112 Å². The van der Waals surface area contributed by atoms with Gasteiger partial charge in [-0.15, -0.1) is 0 Å².